The van der Waals surface area contributed by atoms with E-state index in [2.05, 4.69) is 26.1 Å². The smallest absolute Gasteiger partial charge is 0.325 e. The zero-order chi connectivity index (χ0) is 18.4. The molecule has 9 heteroatoms. The number of imidazole rings is 1. The van der Waals surface area contributed by atoms with Gasteiger partial charge in [-0.1, -0.05) is 0 Å². The lowest BCUT2D eigenvalue weighted by Crippen LogP contribution is -2.16. The van der Waals surface area contributed by atoms with Crippen LogP contribution in [0.1, 0.15) is 30.0 Å². The lowest BCUT2D eigenvalue weighted by Gasteiger charge is -2.22. The highest BCUT2D eigenvalue weighted by Crippen LogP contribution is 2.31. The van der Waals surface area contributed by atoms with E-state index in [1.165, 1.54) is 0 Å². The quantitative estimate of drug-likeness (QED) is 0.560. The molecule has 0 bridgehead atoms. The Morgan fingerprint density at radius 1 is 1.26 bits per heavy atom. The van der Waals surface area contributed by atoms with E-state index in [0.29, 0.717) is 41.3 Å². The summed E-state index contributed by atoms with van der Waals surface area (Å²) in [6, 6.07) is 5.59. The van der Waals surface area contributed by atoms with Crippen molar-refractivity contribution in [3.05, 3.63) is 46.3 Å². The molecule has 0 saturated carbocycles. The van der Waals surface area contributed by atoms with Gasteiger partial charge in [0.25, 0.3) is 0 Å². The minimum Gasteiger partial charge on any atom is -0.381 e. The van der Waals surface area contributed by atoms with Crippen molar-refractivity contribution in [1.82, 2.24) is 29.5 Å². The van der Waals surface area contributed by atoms with Crippen LogP contribution >= 0.6 is 0 Å². The van der Waals surface area contributed by atoms with Gasteiger partial charge >= 0.3 is 5.69 Å². The number of H-pyrrole nitrogens is 2. The number of ether oxygens (including phenoxy) is 1. The van der Waals surface area contributed by atoms with E-state index >= 15 is 0 Å². The van der Waals surface area contributed by atoms with Crippen LogP contribution in [0.25, 0.3) is 28.1 Å². The Hall–Kier alpha value is -3.51. The average Bonchev–Trinajstić information content (AvgIpc) is 3.29. The molecule has 0 aliphatic carbocycles. The van der Waals surface area contributed by atoms with Gasteiger partial charge < -0.3 is 9.72 Å². The summed E-state index contributed by atoms with van der Waals surface area (Å²) in [5, 5.41) is 13.5. The molecule has 27 heavy (non-hydrogen) atoms. The van der Waals surface area contributed by atoms with E-state index in [9.17, 15) is 10.1 Å². The Morgan fingerprint density at radius 2 is 2.11 bits per heavy atom. The molecule has 0 atom stereocenters. The van der Waals surface area contributed by atoms with E-state index < -0.39 is 0 Å². The number of nitriles is 1. The number of aromatic nitrogens is 6. The van der Waals surface area contributed by atoms with Crippen LogP contribution in [-0.4, -0.2) is 42.8 Å². The van der Waals surface area contributed by atoms with Crippen molar-refractivity contribution in [2.24, 2.45) is 0 Å². The van der Waals surface area contributed by atoms with Crippen LogP contribution < -0.4 is 5.69 Å². The molecule has 1 aliphatic heterocycles. The van der Waals surface area contributed by atoms with Crippen molar-refractivity contribution in [1.29, 1.82) is 5.26 Å². The van der Waals surface area contributed by atoms with Gasteiger partial charge in [0.2, 0.25) is 0 Å². The number of hydrogen-bond donors (Lipinski definition) is 2. The molecule has 5 heterocycles. The highest BCUT2D eigenvalue weighted by atomic mass is 16.5. The number of aromatic amines is 2. The SMILES string of the molecule is N#Cc1ccn2ncc(-c3nc(C4CCOCC4)c4[nH]c(=O)[nH]c4n3)c2c1. The first kappa shape index (κ1) is 15.7. The molecule has 5 rings (SSSR count). The minimum atomic E-state index is -0.309. The molecule has 4 aromatic rings. The first-order valence-corrected chi connectivity index (χ1v) is 8.68. The van der Waals surface area contributed by atoms with Gasteiger partial charge in [-0.3, -0.25) is 4.98 Å². The Morgan fingerprint density at radius 3 is 2.93 bits per heavy atom. The maximum absolute atomic E-state index is 11.9. The molecular formula is C18H15N7O2. The summed E-state index contributed by atoms with van der Waals surface area (Å²) in [6.45, 7) is 1.34. The predicted octanol–water partition coefficient (Wildman–Crippen LogP) is 1.73. The molecule has 9 nitrogen and oxygen atoms in total. The summed E-state index contributed by atoms with van der Waals surface area (Å²) < 4.78 is 7.14. The topological polar surface area (TPSA) is 125 Å². The van der Waals surface area contributed by atoms with Crippen LogP contribution in [0.2, 0.25) is 0 Å². The Bertz CT molecular complexity index is 1250. The summed E-state index contributed by atoms with van der Waals surface area (Å²) >= 11 is 0. The molecule has 1 aliphatic rings. The highest BCUT2D eigenvalue weighted by molar-refractivity contribution is 5.81. The molecule has 0 amide bonds. The van der Waals surface area contributed by atoms with Gasteiger partial charge in [-0.2, -0.15) is 10.4 Å². The maximum Gasteiger partial charge on any atom is 0.325 e. The molecule has 1 saturated heterocycles. The van der Waals surface area contributed by atoms with Crippen LogP contribution in [-0.2, 0) is 4.74 Å². The van der Waals surface area contributed by atoms with Crippen LogP contribution in [0.15, 0.2) is 29.3 Å². The van der Waals surface area contributed by atoms with Gasteiger partial charge in [-0.25, -0.2) is 19.3 Å². The molecule has 0 aromatic carbocycles. The summed E-state index contributed by atoms with van der Waals surface area (Å²) in [6.07, 6.45) is 5.09. The standard InChI is InChI=1S/C18H15N7O2/c19-8-10-1-4-25-13(7-10)12(9-20-25)16-21-14(11-2-5-27-6-3-11)15-17(23-16)24-18(26)22-15/h1,4,7,9,11H,2-3,5-6H2,(H2,21,22,23,24,26). The van der Waals surface area contributed by atoms with Crippen molar-refractivity contribution >= 4 is 16.7 Å². The third-order valence-corrected chi connectivity index (χ3v) is 4.91. The number of pyridine rings is 1. The molecule has 134 valence electrons. The molecule has 0 spiro atoms. The van der Waals surface area contributed by atoms with Crippen LogP contribution in [0.3, 0.4) is 0 Å². The molecule has 4 aromatic heterocycles. The molecule has 0 unspecified atom stereocenters. The first-order valence-electron chi connectivity index (χ1n) is 8.68. The Kier molecular flexibility index (Phi) is 3.51. The van der Waals surface area contributed by atoms with Gasteiger partial charge in [0.05, 0.1) is 34.6 Å². The first-order chi connectivity index (χ1) is 13.2. The third kappa shape index (κ3) is 2.58. The monoisotopic (exact) mass is 361 g/mol. The van der Waals surface area contributed by atoms with Crippen LogP contribution in [0.4, 0.5) is 0 Å². The number of nitrogens with one attached hydrogen (secondary N) is 2. The number of rotatable bonds is 2. The summed E-state index contributed by atoms with van der Waals surface area (Å²) in [4.78, 5) is 26.7. The van der Waals surface area contributed by atoms with Gasteiger partial charge in [0.1, 0.15) is 5.52 Å². The van der Waals surface area contributed by atoms with Crippen molar-refractivity contribution in [2.75, 3.05) is 13.2 Å². The summed E-state index contributed by atoms with van der Waals surface area (Å²) in [5.41, 5.74) is 3.61. The second-order valence-corrected chi connectivity index (χ2v) is 6.54. The van der Waals surface area contributed by atoms with E-state index in [1.54, 1.807) is 29.0 Å². The molecule has 1 fully saturated rings. The van der Waals surface area contributed by atoms with Gasteiger partial charge in [-0.15, -0.1) is 0 Å². The highest BCUT2D eigenvalue weighted by Gasteiger charge is 2.23. The van der Waals surface area contributed by atoms with Gasteiger partial charge in [-0.05, 0) is 25.0 Å². The third-order valence-electron chi connectivity index (χ3n) is 4.91. The van der Waals surface area contributed by atoms with Crippen molar-refractivity contribution < 1.29 is 4.74 Å². The van der Waals surface area contributed by atoms with Crippen LogP contribution in [0.5, 0.6) is 0 Å². The van der Waals surface area contributed by atoms with E-state index in [0.717, 1.165) is 24.1 Å². The van der Waals surface area contributed by atoms with E-state index in [4.69, 9.17) is 9.72 Å². The number of nitrogens with zero attached hydrogens (tertiary/aromatic N) is 5. The number of hydrogen-bond acceptors (Lipinski definition) is 6. The van der Waals surface area contributed by atoms with Crippen LogP contribution in [0, 0.1) is 11.3 Å². The summed E-state index contributed by atoms with van der Waals surface area (Å²) in [5.74, 6) is 0.662. The average molecular weight is 361 g/mol. The fraction of sp³-hybridized carbons (Fsp3) is 0.278. The minimum absolute atomic E-state index is 0.186. The normalized spacial score (nSPS) is 15.4. The van der Waals surface area contributed by atoms with Gasteiger partial charge in [0.15, 0.2) is 11.5 Å². The number of fused-ring (bicyclic) bond motifs is 2. The zero-order valence-corrected chi connectivity index (χ0v) is 14.3. The largest absolute Gasteiger partial charge is 0.381 e. The molecular weight excluding hydrogens is 346 g/mol. The Labute approximate surface area is 152 Å². The van der Waals surface area contributed by atoms with E-state index in [-0.39, 0.29) is 11.6 Å². The maximum atomic E-state index is 11.9. The molecule has 2 N–H and O–H groups in total. The summed E-state index contributed by atoms with van der Waals surface area (Å²) in [7, 11) is 0. The van der Waals surface area contributed by atoms with E-state index in [1.807, 2.05) is 0 Å². The second-order valence-electron chi connectivity index (χ2n) is 6.54. The lowest BCUT2D eigenvalue weighted by atomic mass is 9.95. The lowest BCUT2D eigenvalue weighted by molar-refractivity contribution is 0.0848. The van der Waals surface area contributed by atoms with Crippen molar-refractivity contribution in [2.45, 2.75) is 18.8 Å². The van der Waals surface area contributed by atoms with Gasteiger partial charge in [0, 0.05) is 25.3 Å². The van der Waals surface area contributed by atoms with Crippen molar-refractivity contribution in [3.63, 3.8) is 0 Å². The second kappa shape index (κ2) is 6.03. The molecule has 0 radical (unpaired) electrons. The zero-order valence-electron chi connectivity index (χ0n) is 14.3. The fourth-order valence-corrected chi connectivity index (χ4v) is 3.55. The van der Waals surface area contributed by atoms with Crippen molar-refractivity contribution in [3.8, 4) is 17.5 Å². The predicted molar refractivity (Wildman–Crippen MR) is 96.2 cm³/mol. The Balaban J connectivity index is 1.74. The fourth-order valence-electron chi connectivity index (χ4n) is 3.55.